The van der Waals surface area contributed by atoms with Crippen molar-refractivity contribution in [3.05, 3.63) is 0 Å². The largest absolute Gasteiger partial charge is 0.467 e. The minimum absolute atomic E-state index is 0.569. The number of aliphatic hydroxyl groups excluding tert-OH is 1. The first-order valence-electron chi connectivity index (χ1n) is 3.48. The lowest BCUT2D eigenvalue weighted by Gasteiger charge is -2.15. The summed E-state index contributed by atoms with van der Waals surface area (Å²) in [6, 6.07) is 0. The number of carbonyl (C=O) groups excluding carboxylic acids is 1. The number of methoxy groups -OCH3 is 1. The summed E-state index contributed by atoms with van der Waals surface area (Å²) in [5, 5.41) is 9.19. The van der Waals surface area contributed by atoms with Gasteiger partial charge in [0.25, 0.3) is 0 Å². The summed E-state index contributed by atoms with van der Waals surface area (Å²) in [5.74, 6) is -0.736. The molecule has 1 aliphatic rings. The van der Waals surface area contributed by atoms with E-state index in [1.807, 2.05) is 0 Å². The number of alkyl halides is 1. The van der Waals surface area contributed by atoms with Gasteiger partial charge in [-0.25, -0.2) is 4.79 Å². The highest BCUT2D eigenvalue weighted by Crippen LogP contribution is 2.49. The Hall–Kier alpha value is -0.640. The maximum Gasteiger partial charge on any atom is 0.335 e. The summed E-state index contributed by atoms with van der Waals surface area (Å²) in [5.41, 5.74) is -0.812. The Bertz CT molecular complexity index is 165. The lowest BCUT2D eigenvalue weighted by molar-refractivity contribution is -0.154. The van der Waals surface area contributed by atoms with Gasteiger partial charge >= 0.3 is 5.97 Å². The monoisotopic (exact) mass is 162 g/mol. The first-order chi connectivity index (χ1) is 5.16. The highest BCUT2D eigenvalue weighted by molar-refractivity contribution is 5.75. The molecule has 1 N–H and O–H groups in total. The predicted molar refractivity (Wildman–Crippen MR) is 35.7 cm³/mol. The third kappa shape index (κ3) is 1.35. The van der Waals surface area contributed by atoms with E-state index in [1.165, 1.54) is 7.11 Å². The van der Waals surface area contributed by atoms with Gasteiger partial charge in [-0.3, -0.25) is 4.39 Å². The van der Waals surface area contributed by atoms with Crippen molar-refractivity contribution < 1.29 is 19.0 Å². The summed E-state index contributed by atoms with van der Waals surface area (Å²) in [4.78, 5) is 10.7. The molecule has 4 heteroatoms. The summed E-state index contributed by atoms with van der Waals surface area (Å²) in [6.45, 7) is -0.650. The highest BCUT2D eigenvalue weighted by Gasteiger charge is 2.52. The number of carbonyl (C=O) groups is 1. The Morgan fingerprint density at radius 3 is 2.64 bits per heavy atom. The molecule has 64 valence electrons. The standard InChI is InChI=1S/C7H11FO3/c1-11-6(10)5(9)7(4-8)2-3-7/h5,9H,2-4H2,1H3. The molecule has 0 bridgehead atoms. The maximum absolute atomic E-state index is 12.2. The van der Waals surface area contributed by atoms with Crippen LogP contribution in [0.25, 0.3) is 0 Å². The predicted octanol–water partition coefficient (Wildman–Crippen LogP) is 0.270. The molecule has 0 aromatic rings. The molecule has 1 saturated carbocycles. The van der Waals surface area contributed by atoms with Gasteiger partial charge in [-0.05, 0) is 12.8 Å². The number of aliphatic hydroxyl groups is 1. The molecular formula is C7H11FO3. The van der Waals surface area contributed by atoms with E-state index in [1.54, 1.807) is 0 Å². The zero-order chi connectivity index (χ0) is 8.48. The Kier molecular flexibility index (Phi) is 2.13. The van der Waals surface area contributed by atoms with Gasteiger partial charge in [0, 0.05) is 5.41 Å². The summed E-state index contributed by atoms with van der Waals surface area (Å²) >= 11 is 0. The number of hydrogen-bond acceptors (Lipinski definition) is 3. The van der Waals surface area contributed by atoms with E-state index in [-0.39, 0.29) is 0 Å². The number of rotatable bonds is 3. The number of halogens is 1. The van der Waals surface area contributed by atoms with Crippen LogP contribution in [0.4, 0.5) is 4.39 Å². The third-order valence-corrected chi connectivity index (χ3v) is 2.16. The molecule has 3 nitrogen and oxygen atoms in total. The average molecular weight is 162 g/mol. The van der Waals surface area contributed by atoms with Crippen LogP contribution in [0.1, 0.15) is 12.8 Å². The van der Waals surface area contributed by atoms with Gasteiger partial charge in [0.05, 0.1) is 13.8 Å². The van der Waals surface area contributed by atoms with Crippen LogP contribution < -0.4 is 0 Å². The Balaban J connectivity index is 2.53. The Morgan fingerprint density at radius 2 is 2.36 bits per heavy atom. The topological polar surface area (TPSA) is 46.5 Å². The van der Waals surface area contributed by atoms with E-state index in [0.717, 1.165) is 0 Å². The summed E-state index contributed by atoms with van der Waals surface area (Å²) in [6.07, 6.45) is -0.142. The van der Waals surface area contributed by atoms with Gasteiger partial charge in [-0.2, -0.15) is 0 Å². The normalized spacial score (nSPS) is 22.5. The van der Waals surface area contributed by atoms with Crippen LogP contribution >= 0.6 is 0 Å². The molecule has 0 heterocycles. The van der Waals surface area contributed by atoms with Crippen LogP contribution in [0.2, 0.25) is 0 Å². The van der Waals surface area contributed by atoms with Crippen LogP contribution in [-0.2, 0) is 9.53 Å². The fourth-order valence-corrected chi connectivity index (χ4v) is 1.00. The molecule has 1 unspecified atom stereocenters. The zero-order valence-electron chi connectivity index (χ0n) is 6.34. The highest BCUT2D eigenvalue weighted by atomic mass is 19.1. The van der Waals surface area contributed by atoms with Gasteiger partial charge in [0.1, 0.15) is 0 Å². The first kappa shape index (κ1) is 8.46. The summed E-state index contributed by atoms with van der Waals surface area (Å²) < 4.78 is 16.5. The van der Waals surface area contributed by atoms with E-state index in [2.05, 4.69) is 4.74 Å². The van der Waals surface area contributed by atoms with Crippen LogP contribution in [0, 0.1) is 5.41 Å². The Morgan fingerprint density at radius 1 is 1.82 bits per heavy atom. The summed E-state index contributed by atoms with van der Waals surface area (Å²) in [7, 11) is 1.18. The number of ether oxygens (including phenoxy) is 1. The Labute approximate surface area is 64.2 Å². The molecule has 11 heavy (non-hydrogen) atoms. The van der Waals surface area contributed by atoms with Crippen molar-refractivity contribution in [2.24, 2.45) is 5.41 Å². The molecule has 1 rings (SSSR count). The lowest BCUT2D eigenvalue weighted by Crippen LogP contribution is -2.33. The van der Waals surface area contributed by atoms with E-state index in [4.69, 9.17) is 0 Å². The van der Waals surface area contributed by atoms with Crippen molar-refractivity contribution in [1.29, 1.82) is 0 Å². The third-order valence-electron chi connectivity index (χ3n) is 2.16. The van der Waals surface area contributed by atoms with E-state index in [9.17, 15) is 14.3 Å². The van der Waals surface area contributed by atoms with Crippen molar-refractivity contribution in [3.8, 4) is 0 Å². The van der Waals surface area contributed by atoms with E-state index < -0.39 is 24.2 Å². The van der Waals surface area contributed by atoms with Crippen LogP contribution in [-0.4, -0.2) is 31.0 Å². The fraction of sp³-hybridized carbons (Fsp3) is 0.857. The number of esters is 1. The van der Waals surface area contributed by atoms with Gasteiger partial charge in [-0.1, -0.05) is 0 Å². The SMILES string of the molecule is COC(=O)C(O)C1(CF)CC1. The van der Waals surface area contributed by atoms with Crippen LogP contribution in [0.15, 0.2) is 0 Å². The van der Waals surface area contributed by atoms with Crippen molar-refractivity contribution >= 4 is 5.97 Å². The molecule has 0 aliphatic heterocycles. The smallest absolute Gasteiger partial charge is 0.335 e. The second-order valence-electron chi connectivity index (χ2n) is 2.92. The average Bonchev–Trinajstić information content (AvgIpc) is 2.82. The molecule has 0 aromatic carbocycles. The first-order valence-corrected chi connectivity index (χ1v) is 3.48. The second kappa shape index (κ2) is 2.77. The molecule has 0 saturated heterocycles. The van der Waals surface area contributed by atoms with Gasteiger partial charge in [0.2, 0.25) is 0 Å². The molecule has 0 aromatic heterocycles. The lowest BCUT2D eigenvalue weighted by atomic mass is 10.0. The number of hydrogen-bond donors (Lipinski definition) is 1. The van der Waals surface area contributed by atoms with Gasteiger partial charge in [0.15, 0.2) is 6.10 Å². The van der Waals surface area contributed by atoms with Gasteiger partial charge in [-0.15, -0.1) is 0 Å². The molecule has 0 spiro atoms. The van der Waals surface area contributed by atoms with Crippen molar-refractivity contribution in [2.45, 2.75) is 18.9 Å². The van der Waals surface area contributed by atoms with Crippen LogP contribution in [0.5, 0.6) is 0 Å². The quantitative estimate of drug-likeness (QED) is 0.606. The molecule has 1 fully saturated rings. The fourth-order valence-electron chi connectivity index (χ4n) is 1.00. The molecule has 0 radical (unpaired) electrons. The molecule has 1 atom stereocenters. The molecule has 1 aliphatic carbocycles. The van der Waals surface area contributed by atoms with E-state index >= 15 is 0 Å². The van der Waals surface area contributed by atoms with Crippen molar-refractivity contribution in [1.82, 2.24) is 0 Å². The van der Waals surface area contributed by atoms with Crippen molar-refractivity contribution in [3.63, 3.8) is 0 Å². The zero-order valence-corrected chi connectivity index (χ0v) is 6.34. The van der Waals surface area contributed by atoms with Crippen molar-refractivity contribution in [2.75, 3.05) is 13.8 Å². The maximum atomic E-state index is 12.2. The second-order valence-corrected chi connectivity index (χ2v) is 2.92. The van der Waals surface area contributed by atoms with E-state index in [0.29, 0.717) is 12.8 Å². The minimum Gasteiger partial charge on any atom is -0.467 e. The van der Waals surface area contributed by atoms with Crippen LogP contribution in [0.3, 0.4) is 0 Å². The molecule has 0 amide bonds. The minimum atomic E-state index is -1.28. The van der Waals surface area contributed by atoms with Gasteiger partial charge < -0.3 is 9.84 Å². The molecular weight excluding hydrogens is 151 g/mol.